The summed E-state index contributed by atoms with van der Waals surface area (Å²) >= 11 is 0. The third-order valence-corrected chi connectivity index (χ3v) is 5.09. The van der Waals surface area contributed by atoms with Crippen molar-refractivity contribution in [3.63, 3.8) is 0 Å². The number of carbonyl (C=O) groups is 2. The molecule has 1 aromatic heterocycles. The Labute approximate surface area is 164 Å². The molecule has 2 amide bonds. The molecule has 1 aliphatic heterocycles. The summed E-state index contributed by atoms with van der Waals surface area (Å²) in [5.41, 5.74) is 3.40. The molecular weight excluding hydrogens is 352 g/mol. The highest BCUT2D eigenvalue weighted by atomic mass is 16.3. The highest BCUT2D eigenvalue weighted by Crippen LogP contribution is 2.37. The first kappa shape index (κ1) is 18.0. The smallest absolute Gasteiger partial charge is 0.258 e. The summed E-state index contributed by atoms with van der Waals surface area (Å²) in [6.45, 7) is 5.73. The molecule has 3 aromatic rings. The predicted molar refractivity (Wildman–Crippen MR) is 108 cm³/mol. The fourth-order valence-electron chi connectivity index (χ4n) is 3.84. The molecule has 0 bridgehead atoms. The highest BCUT2D eigenvalue weighted by molar-refractivity contribution is 6.14. The average Bonchev–Trinajstić information content (AvgIpc) is 3.10. The number of amides is 2. The maximum atomic E-state index is 13.6. The molecule has 1 aliphatic rings. The van der Waals surface area contributed by atoms with E-state index in [1.807, 2.05) is 75.4 Å². The van der Waals surface area contributed by atoms with Gasteiger partial charge in [-0.3, -0.25) is 14.5 Å². The van der Waals surface area contributed by atoms with E-state index in [0.29, 0.717) is 17.2 Å². The predicted octanol–water partition coefficient (Wildman–Crippen LogP) is 4.33. The molecule has 5 nitrogen and oxygen atoms in total. The maximum absolute atomic E-state index is 13.6. The summed E-state index contributed by atoms with van der Waals surface area (Å²) in [7, 11) is 0. The van der Waals surface area contributed by atoms with Crippen molar-refractivity contribution >= 4 is 23.2 Å². The zero-order chi connectivity index (χ0) is 19.8. The molecule has 1 atom stereocenters. The highest BCUT2D eigenvalue weighted by Gasteiger charge is 2.44. The van der Waals surface area contributed by atoms with E-state index in [-0.39, 0.29) is 18.4 Å². The molecule has 4 rings (SSSR count). The van der Waals surface area contributed by atoms with Crippen LogP contribution in [0.1, 0.15) is 28.7 Å². The summed E-state index contributed by atoms with van der Waals surface area (Å²) in [6, 6.07) is 17.9. The van der Waals surface area contributed by atoms with Crippen LogP contribution >= 0.6 is 0 Å². The summed E-state index contributed by atoms with van der Waals surface area (Å²) in [4.78, 5) is 30.0. The number of rotatable bonds is 3. The van der Waals surface area contributed by atoms with E-state index in [0.717, 1.165) is 16.8 Å². The van der Waals surface area contributed by atoms with Crippen LogP contribution in [0.2, 0.25) is 0 Å². The van der Waals surface area contributed by atoms with Gasteiger partial charge in [-0.15, -0.1) is 0 Å². The van der Waals surface area contributed by atoms with Gasteiger partial charge in [0, 0.05) is 5.69 Å². The van der Waals surface area contributed by atoms with Crippen molar-refractivity contribution in [1.82, 2.24) is 0 Å². The fourth-order valence-corrected chi connectivity index (χ4v) is 3.84. The maximum Gasteiger partial charge on any atom is 0.258 e. The lowest BCUT2D eigenvalue weighted by Gasteiger charge is -2.40. The van der Waals surface area contributed by atoms with Gasteiger partial charge >= 0.3 is 0 Å². The van der Waals surface area contributed by atoms with E-state index in [4.69, 9.17) is 4.42 Å². The molecule has 142 valence electrons. The van der Waals surface area contributed by atoms with E-state index >= 15 is 0 Å². The van der Waals surface area contributed by atoms with Gasteiger partial charge in [0.05, 0.1) is 5.69 Å². The molecular formula is C23H22N2O3. The van der Waals surface area contributed by atoms with Gasteiger partial charge in [-0.2, -0.15) is 0 Å². The van der Waals surface area contributed by atoms with Crippen LogP contribution in [0.4, 0.5) is 11.4 Å². The molecule has 2 aromatic carbocycles. The minimum Gasteiger partial charge on any atom is -0.464 e. The van der Waals surface area contributed by atoms with Crippen LogP contribution in [0.5, 0.6) is 0 Å². The molecule has 1 unspecified atom stereocenters. The Hall–Kier alpha value is -3.34. The second kappa shape index (κ2) is 7.00. The number of benzene rings is 2. The molecule has 1 fully saturated rings. The van der Waals surface area contributed by atoms with Crippen LogP contribution in [-0.2, 0) is 9.59 Å². The quantitative estimate of drug-likeness (QED) is 0.686. The minimum atomic E-state index is -0.837. The minimum absolute atomic E-state index is 0.00435. The molecule has 0 aliphatic carbocycles. The number of hydrogen-bond donors (Lipinski definition) is 0. The van der Waals surface area contributed by atoms with Crippen LogP contribution in [0, 0.1) is 20.8 Å². The normalized spacial score (nSPS) is 17.3. The van der Waals surface area contributed by atoms with Gasteiger partial charge < -0.3 is 9.32 Å². The molecule has 2 heterocycles. The topological polar surface area (TPSA) is 53.8 Å². The molecule has 0 spiro atoms. The molecule has 28 heavy (non-hydrogen) atoms. The third kappa shape index (κ3) is 2.99. The second-order valence-electron chi connectivity index (χ2n) is 7.12. The fraction of sp³-hybridized carbons (Fsp3) is 0.217. The van der Waals surface area contributed by atoms with Crippen molar-refractivity contribution in [2.45, 2.75) is 26.8 Å². The van der Waals surface area contributed by atoms with Crippen LogP contribution in [0.25, 0.3) is 0 Å². The number of piperazine rings is 1. The zero-order valence-corrected chi connectivity index (χ0v) is 16.2. The van der Waals surface area contributed by atoms with Crippen LogP contribution < -0.4 is 9.80 Å². The van der Waals surface area contributed by atoms with Crippen molar-refractivity contribution < 1.29 is 14.0 Å². The number of anilines is 2. The first-order chi connectivity index (χ1) is 13.5. The van der Waals surface area contributed by atoms with E-state index in [9.17, 15) is 9.59 Å². The Morgan fingerprint density at radius 1 is 0.857 bits per heavy atom. The lowest BCUT2D eigenvalue weighted by molar-refractivity contribution is -0.129. The van der Waals surface area contributed by atoms with Crippen LogP contribution in [0.15, 0.2) is 65.1 Å². The van der Waals surface area contributed by atoms with E-state index < -0.39 is 6.04 Å². The molecule has 1 saturated heterocycles. The number of hydrogen-bond acceptors (Lipinski definition) is 3. The molecule has 5 heteroatoms. The average molecular weight is 374 g/mol. The number of para-hydroxylation sites is 2. The van der Waals surface area contributed by atoms with Gasteiger partial charge in [-0.1, -0.05) is 36.4 Å². The number of aryl methyl sites for hydroxylation is 3. The SMILES string of the molecule is Cc1ccc(C2C(=O)N(c3c(C)cccc3C)CC(=O)N2c2ccccc2)o1. The van der Waals surface area contributed by atoms with Gasteiger partial charge in [-0.05, 0) is 56.2 Å². The van der Waals surface area contributed by atoms with Crippen molar-refractivity contribution in [2.75, 3.05) is 16.3 Å². The zero-order valence-electron chi connectivity index (χ0n) is 16.2. The van der Waals surface area contributed by atoms with Crippen LogP contribution in [-0.4, -0.2) is 18.4 Å². The summed E-state index contributed by atoms with van der Waals surface area (Å²) in [5.74, 6) is 0.853. The van der Waals surface area contributed by atoms with Gasteiger partial charge in [0.15, 0.2) is 6.04 Å². The van der Waals surface area contributed by atoms with Crippen molar-refractivity contribution in [2.24, 2.45) is 0 Å². The molecule has 0 radical (unpaired) electrons. The van der Waals surface area contributed by atoms with Gasteiger partial charge in [0.25, 0.3) is 5.91 Å². The van der Waals surface area contributed by atoms with Gasteiger partial charge in [0.1, 0.15) is 18.1 Å². The summed E-state index contributed by atoms with van der Waals surface area (Å²) < 4.78 is 5.80. The number of nitrogens with zero attached hydrogens (tertiary/aromatic N) is 2. The monoisotopic (exact) mass is 374 g/mol. The van der Waals surface area contributed by atoms with Crippen LogP contribution in [0.3, 0.4) is 0 Å². The van der Waals surface area contributed by atoms with Gasteiger partial charge in [0.2, 0.25) is 5.91 Å². The Balaban J connectivity index is 1.85. The number of furan rings is 1. The Morgan fingerprint density at radius 3 is 2.14 bits per heavy atom. The summed E-state index contributed by atoms with van der Waals surface area (Å²) in [5, 5.41) is 0. The van der Waals surface area contributed by atoms with Crippen molar-refractivity contribution in [1.29, 1.82) is 0 Å². The standard InChI is InChI=1S/C23H22N2O3/c1-15-8-7-9-16(2)21(15)24-14-20(26)25(18-10-5-4-6-11-18)22(23(24)27)19-13-12-17(3)28-19/h4-13,22H,14H2,1-3H3. The first-order valence-electron chi connectivity index (χ1n) is 9.28. The third-order valence-electron chi connectivity index (χ3n) is 5.09. The Bertz CT molecular complexity index is 1020. The van der Waals surface area contributed by atoms with Crippen molar-refractivity contribution in [3.05, 3.63) is 83.3 Å². The van der Waals surface area contributed by atoms with E-state index in [2.05, 4.69) is 0 Å². The lowest BCUT2D eigenvalue weighted by Crippen LogP contribution is -2.56. The van der Waals surface area contributed by atoms with E-state index in [1.165, 1.54) is 0 Å². The van der Waals surface area contributed by atoms with Gasteiger partial charge in [-0.25, -0.2) is 0 Å². The molecule has 0 saturated carbocycles. The Kier molecular flexibility index (Phi) is 4.51. The summed E-state index contributed by atoms with van der Waals surface area (Å²) in [6.07, 6.45) is 0. The second-order valence-corrected chi connectivity index (χ2v) is 7.12. The number of carbonyl (C=O) groups excluding carboxylic acids is 2. The molecule has 0 N–H and O–H groups in total. The first-order valence-corrected chi connectivity index (χ1v) is 9.28. The lowest BCUT2D eigenvalue weighted by atomic mass is 10.0. The largest absolute Gasteiger partial charge is 0.464 e. The van der Waals surface area contributed by atoms with E-state index in [1.54, 1.807) is 15.9 Å². The Morgan fingerprint density at radius 2 is 1.54 bits per heavy atom. The van der Waals surface area contributed by atoms with Crippen molar-refractivity contribution in [3.8, 4) is 0 Å².